The smallest absolute Gasteiger partial charge is 0.272 e. The maximum Gasteiger partial charge on any atom is 0.272 e. The van der Waals surface area contributed by atoms with Crippen molar-refractivity contribution in [2.45, 2.75) is 44.7 Å². The maximum atomic E-state index is 14.8. The lowest BCUT2D eigenvalue weighted by Crippen LogP contribution is -2.46. The lowest BCUT2D eigenvalue weighted by Gasteiger charge is -2.39. The highest BCUT2D eigenvalue weighted by Gasteiger charge is 2.40. The number of hydrogen-bond donors (Lipinski definition) is 2. The quantitative estimate of drug-likeness (QED) is 0.179. The van der Waals surface area contributed by atoms with E-state index in [0.717, 1.165) is 50.8 Å². The average molecular weight is 780 g/mol. The van der Waals surface area contributed by atoms with Gasteiger partial charge in [-0.05, 0) is 90.3 Å². The molecule has 6 heterocycles. The number of nitrogens with zero attached hydrogens (tertiary/aromatic N) is 4. The zero-order chi connectivity index (χ0) is 37.1. The molecule has 0 aliphatic carbocycles. The molecule has 2 aromatic heterocycles. The molecule has 2 saturated heterocycles. The number of aromatic amines is 1. The molecule has 0 radical (unpaired) electrons. The van der Waals surface area contributed by atoms with Crippen LogP contribution < -0.4 is 10.2 Å². The molecular weight excluding hydrogens is 739 g/mol. The number of halogens is 2. The molecule has 2 N–H and O–H groups in total. The van der Waals surface area contributed by atoms with Crippen molar-refractivity contribution >= 4 is 72.8 Å². The van der Waals surface area contributed by atoms with Crippen LogP contribution in [0.5, 0.6) is 0 Å². The molecular formula is C42H40Cl2N6O3S. The third-order valence-corrected chi connectivity index (χ3v) is 13.8. The lowest BCUT2D eigenvalue weighted by atomic mass is 9.82. The zero-order valence-corrected chi connectivity index (χ0v) is 32.1. The van der Waals surface area contributed by atoms with Gasteiger partial charge >= 0.3 is 0 Å². The summed E-state index contributed by atoms with van der Waals surface area (Å²) in [6.45, 7) is 4.10. The minimum atomic E-state index is -3.19. The van der Waals surface area contributed by atoms with Crippen molar-refractivity contribution in [2.75, 3.05) is 35.6 Å². The summed E-state index contributed by atoms with van der Waals surface area (Å²) in [5.74, 6) is 0.751. The molecule has 0 spiro atoms. The Kier molecular flexibility index (Phi) is 9.04. The van der Waals surface area contributed by atoms with Crippen LogP contribution in [-0.4, -0.2) is 64.9 Å². The van der Waals surface area contributed by atoms with Gasteiger partial charge in [-0.15, -0.1) is 0 Å². The summed E-state index contributed by atoms with van der Waals surface area (Å²) >= 11 is 13.3. The van der Waals surface area contributed by atoms with Crippen LogP contribution in [0, 0.1) is 5.92 Å². The third-order valence-electron chi connectivity index (χ3n) is 11.3. The molecule has 54 heavy (non-hydrogen) atoms. The number of nitrogens with one attached hydrogen (secondary N) is 2. The molecule has 3 aromatic carbocycles. The Balaban J connectivity index is 1.16. The molecule has 0 saturated carbocycles. The predicted molar refractivity (Wildman–Crippen MR) is 217 cm³/mol. The number of allylic oxidation sites excluding steroid dienone is 2. The van der Waals surface area contributed by atoms with Crippen molar-refractivity contribution in [1.29, 1.82) is 0 Å². The largest absolute Gasteiger partial charge is 0.355 e. The summed E-state index contributed by atoms with van der Waals surface area (Å²) in [7, 11) is -3.19. The fourth-order valence-corrected chi connectivity index (χ4v) is 11.1. The van der Waals surface area contributed by atoms with Gasteiger partial charge in [0.1, 0.15) is 5.69 Å². The monoisotopic (exact) mass is 778 g/mol. The van der Waals surface area contributed by atoms with Gasteiger partial charge in [-0.3, -0.25) is 4.79 Å². The molecule has 9 rings (SSSR count). The highest BCUT2D eigenvalue weighted by Crippen LogP contribution is 2.53. The van der Waals surface area contributed by atoms with E-state index in [4.69, 9.17) is 28.2 Å². The van der Waals surface area contributed by atoms with E-state index in [9.17, 15) is 13.2 Å². The highest BCUT2D eigenvalue weighted by molar-refractivity contribution is 7.89. The second kappa shape index (κ2) is 13.9. The summed E-state index contributed by atoms with van der Waals surface area (Å²) in [4.78, 5) is 27.5. The van der Waals surface area contributed by atoms with Gasteiger partial charge < -0.3 is 20.1 Å². The maximum absolute atomic E-state index is 14.8. The summed E-state index contributed by atoms with van der Waals surface area (Å²) < 4.78 is 27.0. The van der Waals surface area contributed by atoms with Crippen LogP contribution in [0.25, 0.3) is 22.2 Å². The third kappa shape index (κ3) is 6.09. The van der Waals surface area contributed by atoms with Crippen molar-refractivity contribution < 1.29 is 13.2 Å². The van der Waals surface area contributed by atoms with Crippen LogP contribution in [0.15, 0.2) is 97.3 Å². The van der Waals surface area contributed by atoms with E-state index in [2.05, 4.69) is 75.7 Å². The number of H-pyrrole nitrogens is 1. The minimum Gasteiger partial charge on any atom is -0.355 e. The van der Waals surface area contributed by atoms with Crippen LogP contribution in [0.2, 0.25) is 10.0 Å². The Hall–Kier alpha value is -4.61. The van der Waals surface area contributed by atoms with E-state index in [1.807, 2.05) is 42.5 Å². The molecule has 2 atom stereocenters. The number of piperidine rings is 1. The SMILES string of the molecule is CC1CC=CN2C(=C1c1ccccc1)c1c(C(=O)Nc3cccnc3N3CCC(N4CCCS4(=O)=O)CC3)[nH]c3cc(Cl)cc(c13)C2c1ccc(Cl)cc1. The molecule has 1 amide bonds. The molecule has 276 valence electrons. The van der Waals surface area contributed by atoms with E-state index in [0.29, 0.717) is 66.1 Å². The van der Waals surface area contributed by atoms with Crippen LogP contribution in [0.4, 0.5) is 11.5 Å². The van der Waals surface area contributed by atoms with Crippen molar-refractivity contribution in [3.05, 3.63) is 135 Å². The number of hydrogen-bond acceptors (Lipinski definition) is 6. The summed E-state index contributed by atoms with van der Waals surface area (Å²) in [6.07, 6.45) is 9.00. The van der Waals surface area contributed by atoms with Crippen LogP contribution >= 0.6 is 23.2 Å². The summed E-state index contributed by atoms with van der Waals surface area (Å²) in [5, 5.41) is 5.42. The number of fused-ring (bicyclic) bond motifs is 2. The molecule has 2 fully saturated rings. The first-order valence-corrected chi connectivity index (χ1v) is 20.9. The van der Waals surface area contributed by atoms with E-state index < -0.39 is 10.0 Å². The van der Waals surface area contributed by atoms with Gasteiger partial charge in [-0.2, -0.15) is 4.31 Å². The Bertz CT molecular complexity index is 2440. The van der Waals surface area contributed by atoms with E-state index in [1.165, 1.54) is 0 Å². The van der Waals surface area contributed by atoms with Crippen LogP contribution in [0.3, 0.4) is 0 Å². The Morgan fingerprint density at radius 3 is 2.46 bits per heavy atom. The van der Waals surface area contributed by atoms with Crippen LogP contribution in [0.1, 0.15) is 71.4 Å². The van der Waals surface area contributed by atoms with Gasteiger partial charge in [-0.25, -0.2) is 13.4 Å². The first-order chi connectivity index (χ1) is 26.2. The van der Waals surface area contributed by atoms with E-state index in [-0.39, 0.29) is 29.7 Å². The van der Waals surface area contributed by atoms with E-state index in [1.54, 1.807) is 10.5 Å². The number of aromatic nitrogens is 2. The zero-order valence-electron chi connectivity index (χ0n) is 29.8. The van der Waals surface area contributed by atoms with Gasteiger partial charge in [0.05, 0.1) is 23.2 Å². The Labute approximate surface area is 325 Å². The molecule has 9 nitrogen and oxygen atoms in total. The highest BCUT2D eigenvalue weighted by atomic mass is 35.5. The lowest BCUT2D eigenvalue weighted by molar-refractivity contribution is 0.102. The van der Waals surface area contributed by atoms with Gasteiger partial charge in [0.2, 0.25) is 10.0 Å². The number of rotatable bonds is 6. The minimum absolute atomic E-state index is 0.0151. The number of pyridine rings is 1. The molecule has 12 heteroatoms. The first-order valence-electron chi connectivity index (χ1n) is 18.5. The fourth-order valence-electron chi connectivity index (χ4n) is 8.91. The molecule has 2 unspecified atom stereocenters. The number of carbonyl (C=O) groups excluding carboxylic acids is 1. The molecule has 5 aromatic rings. The van der Waals surface area contributed by atoms with Crippen molar-refractivity contribution in [2.24, 2.45) is 5.92 Å². The summed E-state index contributed by atoms with van der Waals surface area (Å²) in [5.41, 5.74) is 7.91. The average Bonchev–Trinajstić information content (AvgIpc) is 3.68. The predicted octanol–water partition coefficient (Wildman–Crippen LogP) is 8.95. The van der Waals surface area contributed by atoms with Crippen molar-refractivity contribution in [1.82, 2.24) is 19.2 Å². The number of sulfonamides is 1. The number of anilines is 2. The summed E-state index contributed by atoms with van der Waals surface area (Å²) in [6, 6.07) is 25.7. The first kappa shape index (κ1) is 35.1. The van der Waals surface area contributed by atoms with Gasteiger partial charge in [0.25, 0.3) is 5.91 Å². The van der Waals surface area contributed by atoms with Crippen molar-refractivity contribution in [3.8, 4) is 0 Å². The molecule has 4 aliphatic heterocycles. The van der Waals surface area contributed by atoms with Crippen LogP contribution in [-0.2, 0) is 10.0 Å². The van der Waals surface area contributed by atoms with Gasteiger partial charge in [0.15, 0.2) is 5.82 Å². The fraction of sp³-hybridized carbons (Fsp3) is 0.286. The number of carbonyl (C=O) groups is 1. The number of amides is 1. The van der Waals surface area contributed by atoms with Crippen molar-refractivity contribution in [3.63, 3.8) is 0 Å². The Morgan fingerprint density at radius 2 is 1.72 bits per heavy atom. The Morgan fingerprint density at radius 1 is 0.944 bits per heavy atom. The molecule has 4 aliphatic rings. The standard InChI is InChI=1S/C42H40Cl2N6O3S/c1-26-8-6-19-49-39(28-12-14-29(43)15-13-28)32-24-30(44)25-34-36(32)37(40(49)35(26)27-9-3-2-4-10-27)38(46-34)42(51)47-33-11-5-18-45-41(33)48-21-16-31(17-22-48)50-20-7-23-54(50,52)53/h2-6,9-15,18-19,24-26,31,39,46H,7-8,16-17,20-23H2,1H3,(H,47,51). The molecule has 0 bridgehead atoms. The topological polar surface area (TPSA) is 102 Å². The number of benzene rings is 3. The second-order valence-electron chi connectivity index (χ2n) is 14.6. The normalized spacial score (nSPS) is 21.4. The van der Waals surface area contributed by atoms with E-state index >= 15 is 0 Å². The van der Waals surface area contributed by atoms with Gasteiger partial charge in [-0.1, -0.05) is 78.7 Å². The van der Waals surface area contributed by atoms with Gasteiger partial charge in [0, 0.05) is 64.6 Å². The second-order valence-corrected chi connectivity index (χ2v) is 17.5.